The van der Waals surface area contributed by atoms with Gasteiger partial charge in [0, 0.05) is 9.13 Å². The van der Waals surface area contributed by atoms with E-state index in [1.807, 2.05) is 44.2 Å². The Bertz CT molecular complexity index is 683. The summed E-state index contributed by atoms with van der Waals surface area (Å²) in [4.78, 5) is 12.5. The van der Waals surface area contributed by atoms with Crippen molar-refractivity contribution in [2.45, 2.75) is 19.8 Å². The number of ketones is 1. The van der Waals surface area contributed by atoms with Gasteiger partial charge in [-0.1, -0.05) is 30.3 Å². The number of halogens is 1. The highest BCUT2D eigenvalue weighted by atomic mass is 127. The number of benzene rings is 2. The number of Topliss-reactive ketones (excluding diaryl/α,β-unsaturated/α-hetero) is 1. The number of hydrogen-bond acceptors (Lipinski definition) is 2. The van der Waals surface area contributed by atoms with Crippen LogP contribution in [0.5, 0.6) is 0 Å². The van der Waals surface area contributed by atoms with Crippen molar-refractivity contribution in [3.8, 4) is 6.07 Å². The van der Waals surface area contributed by atoms with E-state index < -0.39 is 5.92 Å². The molecule has 100 valence electrons. The van der Waals surface area contributed by atoms with Crippen LogP contribution in [-0.4, -0.2) is 5.78 Å². The largest absolute Gasteiger partial charge is 0.292 e. The van der Waals surface area contributed by atoms with Crippen molar-refractivity contribution in [3.63, 3.8) is 0 Å². The monoisotopic (exact) mass is 375 g/mol. The fourth-order valence-electron chi connectivity index (χ4n) is 2.01. The molecule has 0 radical (unpaired) electrons. The zero-order valence-corrected chi connectivity index (χ0v) is 13.5. The first-order valence-corrected chi connectivity index (χ1v) is 7.37. The van der Waals surface area contributed by atoms with Gasteiger partial charge in [0.15, 0.2) is 5.78 Å². The van der Waals surface area contributed by atoms with E-state index in [-0.39, 0.29) is 5.78 Å². The number of rotatable bonds is 3. The molecule has 0 N–H and O–H groups in total. The number of carbonyl (C=O) groups excluding carboxylic acids is 1. The van der Waals surface area contributed by atoms with E-state index in [9.17, 15) is 10.1 Å². The van der Waals surface area contributed by atoms with Gasteiger partial charge in [-0.2, -0.15) is 5.26 Å². The van der Waals surface area contributed by atoms with E-state index in [1.165, 1.54) is 0 Å². The Morgan fingerprint density at radius 2 is 1.75 bits per heavy atom. The lowest BCUT2D eigenvalue weighted by Gasteiger charge is -2.11. The predicted octanol–water partition coefficient (Wildman–Crippen LogP) is 4.40. The second-order valence-electron chi connectivity index (χ2n) is 4.78. The summed E-state index contributed by atoms with van der Waals surface area (Å²) in [5, 5.41) is 9.35. The van der Waals surface area contributed by atoms with Gasteiger partial charge in [0.1, 0.15) is 5.92 Å². The van der Waals surface area contributed by atoms with Crippen LogP contribution in [0.1, 0.15) is 33.0 Å². The summed E-state index contributed by atoms with van der Waals surface area (Å²) in [5.74, 6) is -0.887. The van der Waals surface area contributed by atoms with Crippen molar-refractivity contribution in [1.29, 1.82) is 5.26 Å². The van der Waals surface area contributed by atoms with Crippen LogP contribution in [0.2, 0.25) is 0 Å². The van der Waals surface area contributed by atoms with Crippen molar-refractivity contribution in [3.05, 3.63) is 68.3 Å². The molecule has 1 atom stereocenters. The van der Waals surface area contributed by atoms with Crippen LogP contribution in [0.4, 0.5) is 0 Å². The minimum atomic E-state index is -0.741. The quantitative estimate of drug-likeness (QED) is 0.590. The van der Waals surface area contributed by atoms with Gasteiger partial charge in [0.25, 0.3) is 0 Å². The van der Waals surface area contributed by atoms with Crippen molar-refractivity contribution in [2.24, 2.45) is 0 Å². The Balaban J connectivity index is 2.37. The minimum absolute atomic E-state index is 0.146. The molecule has 0 heterocycles. The molecule has 2 aromatic rings. The maximum absolute atomic E-state index is 12.5. The summed E-state index contributed by atoms with van der Waals surface area (Å²) in [6.45, 7) is 4.00. The zero-order chi connectivity index (χ0) is 14.7. The molecule has 0 aliphatic carbocycles. The highest BCUT2D eigenvalue weighted by molar-refractivity contribution is 14.1. The van der Waals surface area contributed by atoms with Crippen LogP contribution in [0.3, 0.4) is 0 Å². The molecule has 0 fully saturated rings. The predicted molar refractivity (Wildman–Crippen MR) is 87.8 cm³/mol. The summed E-state index contributed by atoms with van der Waals surface area (Å²) < 4.78 is 1.07. The molecule has 2 aromatic carbocycles. The third kappa shape index (κ3) is 3.07. The van der Waals surface area contributed by atoms with Gasteiger partial charge < -0.3 is 0 Å². The molecule has 0 saturated heterocycles. The Hall–Kier alpha value is -1.67. The van der Waals surface area contributed by atoms with Gasteiger partial charge in [-0.05, 0) is 65.3 Å². The second kappa shape index (κ2) is 6.19. The molecule has 0 bridgehead atoms. The molecule has 2 nitrogen and oxygen atoms in total. The SMILES string of the molecule is Cc1ccc(C(C#N)C(=O)c2ccc(I)cc2)cc1C. The summed E-state index contributed by atoms with van der Waals surface area (Å²) in [5.41, 5.74) is 3.60. The first kappa shape index (κ1) is 14.7. The average Bonchev–Trinajstić information content (AvgIpc) is 2.44. The minimum Gasteiger partial charge on any atom is -0.292 e. The number of hydrogen-bond donors (Lipinski definition) is 0. The standard InChI is InChI=1S/C17H14INO/c1-11-3-4-14(9-12(11)2)16(10-19)17(20)13-5-7-15(18)8-6-13/h3-9,16H,1-2H3. The Morgan fingerprint density at radius 1 is 1.10 bits per heavy atom. The third-order valence-corrected chi connectivity index (χ3v) is 4.10. The van der Waals surface area contributed by atoms with Gasteiger partial charge in [-0.25, -0.2) is 0 Å². The summed E-state index contributed by atoms with van der Waals surface area (Å²) in [6, 6.07) is 15.2. The van der Waals surface area contributed by atoms with E-state index in [2.05, 4.69) is 28.7 Å². The Morgan fingerprint density at radius 3 is 2.30 bits per heavy atom. The Kier molecular flexibility index (Phi) is 4.56. The summed E-state index contributed by atoms with van der Waals surface area (Å²) >= 11 is 2.19. The topological polar surface area (TPSA) is 40.9 Å². The molecular weight excluding hydrogens is 361 g/mol. The van der Waals surface area contributed by atoms with E-state index >= 15 is 0 Å². The molecular formula is C17H14INO. The zero-order valence-electron chi connectivity index (χ0n) is 11.4. The average molecular weight is 375 g/mol. The Labute approximate surface area is 132 Å². The van der Waals surface area contributed by atoms with Gasteiger partial charge in [0.2, 0.25) is 0 Å². The fourth-order valence-corrected chi connectivity index (χ4v) is 2.37. The lowest BCUT2D eigenvalue weighted by molar-refractivity contribution is 0.0979. The highest BCUT2D eigenvalue weighted by Gasteiger charge is 2.21. The first-order valence-electron chi connectivity index (χ1n) is 6.29. The molecule has 0 amide bonds. The van der Waals surface area contributed by atoms with Gasteiger partial charge >= 0.3 is 0 Å². The molecule has 2 rings (SSSR count). The summed E-state index contributed by atoms with van der Waals surface area (Å²) in [7, 11) is 0. The van der Waals surface area contributed by atoms with Crippen molar-refractivity contribution in [2.75, 3.05) is 0 Å². The number of carbonyl (C=O) groups is 1. The number of nitrogens with zero attached hydrogens (tertiary/aromatic N) is 1. The van der Waals surface area contributed by atoms with E-state index in [0.717, 1.165) is 20.3 Å². The van der Waals surface area contributed by atoms with Crippen LogP contribution in [0.15, 0.2) is 42.5 Å². The van der Waals surface area contributed by atoms with Crippen LogP contribution >= 0.6 is 22.6 Å². The van der Waals surface area contributed by atoms with Crippen LogP contribution in [0.25, 0.3) is 0 Å². The number of aryl methyl sites for hydroxylation is 2. The van der Waals surface area contributed by atoms with Gasteiger partial charge in [-0.15, -0.1) is 0 Å². The molecule has 3 heteroatoms. The fraction of sp³-hybridized carbons (Fsp3) is 0.176. The second-order valence-corrected chi connectivity index (χ2v) is 6.02. The summed E-state index contributed by atoms with van der Waals surface area (Å²) in [6.07, 6.45) is 0. The number of nitriles is 1. The molecule has 20 heavy (non-hydrogen) atoms. The van der Waals surface area contributed by atoms with Crippen molar-refractivity contribution < 1.29 is 4.79 Å². The molecule has 1 unspecified atom stereocenters. The lowest BCUT2D eigenvalue weighted by Crippen LogP contribution is -2.11. The smallest absolute Gasteiger partial charge is 0.184 e. The highest BCUT2D eigenvalue weighted by Crippen LogP contribution is 2.23. The van der Waals surface area contributed by atoms with E-state index in [1.54, 1.807) is 12.1 Å². The van der Waals surface area contributed by atoms with E-state index in [4.69, 9.17) is 0 Å². The van der Waals surface area contributed by atoms with Crippen molar-refractivity contribution in [1.82, 2.24) is 0 Å². The van der Waals surface area contributed by atoms with Crippen LogP contribution in [-0.2, 0) is 0 Å². The maximum Gasteiger partial charge on any atom is 0.184 e. The molecule has 0 aliphatic heterocycles. The van der Waals surface area contributed by atoms with Crippen LogP contribution < -0.4 is 0 Å². The maximum atomic E-state index is 12.5. The third-order valence-electron chi connectivity index (χ3n) is 3.38. The van der Waals surface area contributed by atoms with Crippen molar-refractivity contribution >= 4 is 28.4 Å². The van der Waals surface area contributed by atoms with Crippen LogP contribution in [0, 0.1) is 28.7 Å². The molecule has 0 aliphatic rings. The lowest BCUT2D eigenvalue weighted by atomic mass is 9.90. The van der Waals surface area contributed by atoms with E-state index in [0.29, 0.717) is 5.56 Å². The molecule has 0 spiro atoms. The normalized spacial score (nSPS) is 11.7. The molecule has 0 aromatic heterocycles. The van der Waals surface area contributed by atoms with Gasteiger partial charge in [0.05, 0.1) is 6.07 Å². The first-order chi connectivity index (χ1) is 9.52. The molecule has 0 saturated carbocycles. The van der Waals surface area contributed by atoms with Gasteiger partial charge in [-0.3, -0.25) is 4.79 Å².